The first-order valence-corrected chi connectivity index (χ1v) is 5.39. The average Bonchev–Trinajstić information content (AvgIpc) is 2.65. The Hall–Kier alpha value is -1.60. The zero-order chi connectivity index (χ0) is 13.9. The summed E-state index contributed by atoms with van der Waals surface area (Å²) in [6.45, 7) is 1.75. The molecule has 2 amide bonds. The van der Waals surface area contributed by atoms with Crippen LogP contribution in [0.5, 0.6) is 0 Å². The molecule has 0 radical (unpaired) electrons. The summed E-state index contributed by atoms with van der Waals surface area (Å²) in [6, 6.07) is -1.46. The maximum absolute atomic E-state index is 12.3. The fourth-order valence-corrected chi connectivity index (χ4v) is 1.60. The molecule has 1 heterocycles. The predicted molar refractivity (Wildman–Crippen MR) is 52.2 cm³/mol. The number of rotatable bonds is 3. The van der Waals surface area contributed by atoms with Gasteiger partial charge < -0.3 is 4.74 Å². The van der Waals surface area contributed by atoms with E-state index in [4.69, 9.17) is 0 Å². The topological polar surface area (TPSA) is 63.7 Å². The van der Waals surface area contributed by atoms with E-state index in [2.05, 4.69) is 4.74 Å². The molecule has 0 spiro atoms. The lowest BCUT2D eigenvalue weighted by Crippen LogP contribution is -2.49. The molecule has 1 saturated heterocycles. The number of ether oxygens (including phenoxy) is 1. The fraction of sp³-hybridized carbons (Fsp3) is 0.700. The maximum Gasteiger partial charge on any atom is 0.471 e. The van der Waals surface area contributed by atoms with E-state index in [-0.39, 0.29) is 24.3 Å². The second-order valence-corrected chi connectivity index (χ2v) is 3.79. The molecule has 0 saturated carbocycles. The molecule has 5 nitrogen and oxygen atoms in total. The van der Waals surface area contributed by atoms with E-state index in [1.54, 1.807) is 6.92 Å². The summed E-state index contributed by atoms with van der Waals surface area (Å²) in [5.41, 5.74) is 0. The number of likely N-dealkylation sites (tertiary alicyclic amines) is 1. The van der Waals surface area contributed by atoms with Gasteiger partial charge in [0.25, 0.3) is 0 Å². The summed E-state index contributed by atoms with van der Waals surface area (Å²) in [7, 11) is 0. The number of hydrogen-bond donors (Lipinski definition) is 0. The smallest absolute Gasteiger partial charge is 0.464 e. The molecular formula is C10H12F3NO4. The molecule has 1 fully saturated rings. The van der Waals surface area contributed by atoms with Crippen LogP contribution >= 0.6 is 0 Å². The van der Waals surface area contributed by atoms with Crippen LogP contribution in [0.2, 0.25) is 0 Å². The lowest BCUT2D eigenvalue weighted by Gasteiger charge is -2.22. The van der Waals surface area contributed by atoms with Crippen molar-refractivity contribution in [3.05, 3.63) is 0 Å². The molecule has 0 aromatic heterocycles. The molecule has 1 unspecified atom stereocenters. The van der Waals surface area contributed by atoms with Crippen molar-refractivity contribution in [2.75, 3.05) is 6.61 Å². The van der Waals surface area contributed by atoms with Gasteiger partial charge in [-0.25, -0.2) is 4.79 Å². The Kier molecular flexibility index (Phi) is 4.31. The van der Waals surface area contributed by atoms with Crippen LogP contribution in [0.4, 0.5) is 13.2 Å². The molecular weight excluding hydrogens is 255 g/mol. The molecule has 1 aliphatic rings. The highest BCUT2D eigenvalue weighted by molar-refractivity contribution is 6.03. The van der Waals surface area contributed by atoms with Crippen LogP contribution in [-0.2, 0) is 19.1 Å². The number of carbonyl (C=O) groups is 3. The van der Waals surface area contributed by atoms with E-state index in [1.165, 1.54) is 0 Å². The Morgan fingerprint density at radius 3 is 2.56 bits per heavy atom. The molecule has 1 aliphatic heterocycles. The van der Waals surface area contributed by atoms with Gasteiger partial charge in [-0.1, -0.05) is 6.92 Å². The van der Waals surface area contributed by atoms with Gasteiger partial charge >= 0.3 is 18.1 Å². The first-order chi connectivity index (χ1) is 8.29. The quantitative estimate of drug-likeness (QED) is 0.716. The van der Waals surface area contributed by atoms with E-state index < -0.39 is 30.0 Å². The third kappa shape index (κ3) is 2.99. The number of halogens is 3. The third-order valence-corrected chi connectivity index (χ3v) is 2.39. The average molecular weight is 267 g/mol. The van der Waals surface area contributed by atoms with Gasteiger partial charge in [-0.2, -0.15) is 13.2 Å². The Morgan fingerprint density at radius 2 is 2.06 bits per heavy atom. The van der Waals surface area contributed by atoms with Crippen LogP contribution in [0, 0.1) is 0 Å². The van der Waals surface area contributed by atoms with E-state index in [1.807, 2.05) is 0 Å². The highest BCUT2D eigenvalue weighted by Gasteiger charge is 2.51. The largest absolute Gasteiger partial charge is 0.471 e. The van der Waals surface area contributed by atoms with Crippen LogP contribution in [0.1, 0.15) is 26.2 Å². The van der Waals surface area contributed by atoms with E-state index in [0.717, 1.165) is 0 Å². The van der Waals surface area contributed by atoms with Crippen molar-refractivity contribution >= 4 is 17.8 Å². The lowest BCUT2D eigenvalue weighted by atomic mass is 10.2. The van der Waals surface area contributed by atoms with Crippen molar-refractivity contribution in [3.8, 4) is 0 Å². The summed E-state index contributed by atoms with van der Waals surface area (Å²) in [5.74, 6) is -4.29. The second kappa shape index (κ2) is 5.36. The van der Waals surface area contributed by atoms with Gasteiger partial charge in [0, 0.05) is 6.42 Å². The van der Waals surface area contributed by atoms with Crippen LogP contribution in [0.25, 0.3) is 0 Å². The number of esters is 1. The van der Waals surface area contributed by atoms with Crippen molar-refractivity contribution in [3.63, 3.8) is 0 Å². The lowest BCUT2D eigenvalue weighted by molar-refractivity contribution is -0.190. The summed E-state index contributed by atoms with van der Waals surface area (Å²) >= 11 is 0. The molecule has 0 aliphatic carbocycles. The molecule has 1 rings (SSSR count). The van der Waals surface area contributed by atoms with Gasteiger partial charge in [-0.15, -0.1) is 0 Å². The van der Waals surface area contributed by atoms with Gasteiger partial charge in [0.1, 0.15) is 6.04 Å². The fourth-order valence-electron chi connectivity index (χ4n) is 1.60. The minimum Gasteiger partial charge on any atom is -0.464 e. The normalized spacial score (nSPS) is 20.1. The Morgan fingerprint density at radius 1 is 1.44 bits per heavy atom. The monoisotopic (exact) mass is 267 g/mol. The van der Waals surface area contributed by atoms with Crippen LogP contribution in [0.15, 0.2) is 0 Å². The van der Waals surface area contributed by atoms with Crippen molar-refractivity contribution in [1.82, 2.24) is 4.90 Å². The number of nitrogens with zero attached hydrogens (tertiary/aromatic N) is 1. The van der Waals surface area contributed by atoms with E-state index in [9.17, 15) is 27.6 Å². The van der Waals surface area contributed by atoms with Gasteiger partial charge in [0.05, 0.1) is 6.61 Å². The molecule has 8 heteroatoms. The van der Waals surface area contributed by atoms with Gasteiger partial charge in [0.15, 0.2) is 0 Å². The van der Waals surface area contributed by atoms with E-state index >= 15 is 0 Å². The molecule has 102 valence electrons. The van der Waals surface area contributed by atoms with Crippen molar-refractivity contribution in [2.24, 2.45) is 0 Å². The summed E-state index contributed by atoms with van der Waals surface area (Å²) < 4.78 is 41.5. The predicted octanol–water partition coefficient (Wildman–Crippen LogP) is 1.02. The number of carbonyl (C=O) groups excluding carboxylic acids is 3. The zero-order valence-electron chi connectivity index (χ0n) is 9.62. The van der Waals surface area contributed by atoms with Gasteiger partial charge in [-0.3, -0.25) is 14.5 Å². The number of alkyl halides is 3. The number of hydrogen-bond acceptors (Lipinski definition) is 4. The first kappa shape index (κ1) is 14.5. The maximum atomic E-state index is 12.3. The molecule has 0 aromatic rings. The summed E-state index contributed by atoms with van der Waals surface area (Å²) in [4.78, 5) is 33.7. The zero-order valence-corrected chi connectivity index (χ0v) is 9.62. The standard InChI is InChI=1S/C10H12F3NO4/c1-2-5-18-8(16)6-3-4-7(15)14(6)9(17)10(11,12)13/h6H,2-5H2,1H3. The van der Waals surface area contributed by atoms with Gasteiger partial charge in [-0.05, 0) is 12.8 Å². The highest BCUT2D eigenvalue weighted by atomic mass is 19.4. The Bertz CT molecular complexity index is 367. The molecule has 18 heavy (non-hydrogen) atoms. The van der Waals surface area contributed by atoms with Crippen molar-refractivity contribution in [2.45, 2.75) is 38.4 Å². The molecule has 1 atom stereocenters. The summed E-state index contributed by atoms with van der Waals surface area (Å²) in [6.07, 6.45) is -5.08. The molecule has 0 N–H and O–H groups in total. The number of imide groups is 1. The van der Waals surface area contributed by atoms with Gasteiger partial charge in [0.2, 0.25) is 5.91 Å². The van der Waals surface area contributed by atoms with Crippen LogP contribution in [0.3, 0.4) is 0 Å². The Labute approximate surface area is 101 Å². The summed E-state index contributed by atoms with van der Waals surface area (Å²) in [5, 5.41) is 0. The second-order valence-electron chi connectivity index (χ2n) is 3.79. The Balaban J connectivity index is 2.83. The van der Waals surface area contributed by atoms with Crippen LogP contribution in [-0.4, -0.2) is 41.5 Å². The number of amides is 2. The van der Waals surface area contributed by atoms with E-state index in [0.29, 0.717) is 6.42 Å². The highest BCUT2D eigenvalue weighted by Crippen LogP contribution is 2.27. The minimum absolute atomic E-state index is 0.0393. The third-order valence-electron chi connectivity index (χ3n) is 2.39. The van der Waals surface area contributed by atoms with Crippen molar-refractivity contribution in [1.29, 1.82) is 0 Å². The van der Waals surface area contributed by atoms with Crippen LogP contribution < -0.4 is 0 Å². The molecule has 0 bridgehead atoms. The van der Waals surface area contributed by atoms with Crippen molar-refractivity contribution < 1.29 is 32.3 Å². The first-order valence-electron chi connectivity index (χ1n) is 5.39. The molecule has 0 aromatic carbocycles. The SMILES string of the molecule is CCCOC(=O)C1CCC(=O)N1C(=O)C(F)(F)F. The minimum atomic E-state index is -5.18.